The Bertz CT molecular complexity index is 891. The molecule has 8 heteroatoms. The maximum Gasteiger partial charge on any atom is 0.313 e. The molecule has 3 amide bonds. The smallest absolute Gasteiger partial charge is 0.313 e. The summed E-state index contributed by atoms with van der Waals surface area (Å²) in [6, 6.07) is 4.54. The van der Waals surface area contributed by atoms with Crippen LogP contribution in [0.5, 0.6) is 0 Å². The van der Waals surface area contributed by atoms with E-state index >= 15 is 0 Å². The van der Waals surface area contributed by atoms with E-state index in [9.17, 15) is 14.4 Å². The Morgan fingerprint density at radius 2 is 1.77 bits per heavy atom. The average Bonchev–Trinajstić information content (AvgIpc) is 3.46. The third-order valence-corrected chi connectivity index (χ3v) is 8.28. The molecule has 0 bridgehead atoms. The molecule has 0 spiro atoms. The van der Waals surface area contributed by atoms with Crippen LogP contribution in [-0.4, -0.2) is 66.3 Å². The number of anilines is 2. The molecule has 2 fully saturated rings. The van der Waals surface area contributed by atoms with Gasteiger partial charge < -0.3 is 15.5 Å². The number of carbonyl (C=O) groups excluding carboxylic acids is 3. The number of carbonyl (C=O) groups is 3. The number of hydrogen-bond acceptors (Lipinski definition) is 5. The lowest BCUT2D eigenvalue weighted by Gasteiger charge is -2.35. The molecule has 5 rings (SSSR count). The Labute approximate surface area is 187 Å². The largest absolute Gasteiger partial charge is 0.348 e. The summed E-state index contributed by atoms with van der Waals surface area (Å²) in [6.45, 7) is 3.45. The van der Waals surface area contributed by atoms with Gasteiger partial charge in [0.1, 0.15) is 0 Å². The predicted octanol–water partition coefficient (Wildman–Crippen LogP) is 1.79. The van der Waals surface area contributed by atoms with Crippen LogP contribution >= 0.6 is 11.8 Å². The van der Waals surface area contributed by atoms with E-state index in [1.807, 2.05) is 28.8 Å². The minimum Gasteiger partial charge on any atom is -0.348 e. The van der Waals surface area contributed by atoms with E-state index in [4.69, 9.17) is 0 Å². The van der Waals surface area contributed by atoms with Crippen molar-refractivity contribution < 1.29 is 14.4 Å². The fraction of sp³-hybridized carbons (Fsp3) is 0.609. The Morgan fingerprint density at radius 1 is 1.00 bits per heavy atom. The standard InChI is InChI=1S/C23H30N4O3S/c28-20-2-1-16-11-18(12-17-5-9-27(20)21(16)17)25-23(30)22(29)24-13-15-3-7-26(8-4-15)19-6-10-31-14-19/h11-12,15,19H,1-10,13-14H2,(H,24,29)(H,25,30). The van der Waals surface area contributed by atoms with Crippen molar-refractivity contribution in [2.24, 2.45) is 5.92 Å². The van der Waals surface area contributed by atoms with Gasteiger partial charge in [-0.15, -0.1) is 0 Å². The van der Waals surface area contributed by atoms with E-state index < -0.39 is 11.8 Å². The lowest BCUT2D eigenvalue weighted by Crippen LogP contribution is -2.45. The second-order valence-electron chi connectivity index (χ2n) is 9.10. The van der Waals surface area contributed by atoms with Crippen molar-refractivity contribution in [1.82, 2.24) is 10.2 Å². The third-order valence-electron chi connectivity index (χ3n) is 7.14. The van der Waals surface area contributed by atoms with Gasteiger partial charge in [-0.2, -0.15) is 11.8 Å². The van der Waals surface area contributed by atoms with Crippen molar-refractivity contribution in [3.8, 4) is 0 Å². The van der Waals surface area contributed by atoms with E-state index in [1.165, 1.54) is 17.9 Å². The summed E-state index contributed by atoms with van der Waals surface area (Å²) in [5.74, 6) is 1.96. The molecular formula is C23H30N4O3S. The van der Waals surface area contributed by atoms with Gasteiger partial charge in [-0.25, -0.2) is 0 Å². The molecular weight excluding hydrogens is 412 g/mol. The number of rotatable bonds is 4. The minimum absolute atomic E-state index is 0.176. The van der Waals surface area contributed by atoms with E-state index in [0.29, 0.717) is 37.5 Å². The maximum absolute atomic E-state index is 12.4. The number of nitrogens with zero attached hydrogens (tertiary/aromatic N) is 2. The molecule has 4 heterocycles. The molecule has 0 radical (unpaired) electrons. The van der Waals surface area contributed by atoms with Gasteiger partial charge >= 0.3 is 11.8 Å². The summed E-state index contributed by atoms with van der Waals surface area (Å²) >= 11 is 2.05. The number of likely N-dealkylation sites (tertiary alicyclic amines) is 1. The Balaban J connectivity index is 1.12. The van der Waals surface area contributed by atoms with Crippen LogP contribution < -0.4 is 15.5 Å². The summed E-state index contributed by atoms with van der Waals surface area (Å²) in [6.07, 6.45) is 5.43. The monoisotopic (exact) mass is 442 g/mol. The van der Waals surface area contributed by atoms with E-state index in [1.54, 1.807) is 0 Å². The summed E-state index contributed by atoms with van der Waals surface area (Å²) in [4.78, 5) is 41.3. The fourth-order valence-corrected chi connectivity index (χ4v) is 6.62. The van der Waals surface area contributed by atoms with Crippen LogP contribution in [0.25, 0.3) is 0 Å². The van der Waals surface area contributed by atoms with Crippen LogP contribution in [0.1, 0.15) is 36.8 Å². The van der Waals surface area contributed by atoms with Gasteiger partial charge in [0.2, 0.25) is 5.91 Å². The quantitative estimate of drug-likeness (QED) is 0.695. The number of hydrogen-bond donors (Lipinski definition) is 2. The first-order valence-corrected chi connectivity index (χ1v) is 12.6. The topological polar surface area (TPSA) is 81.8 Å². The average molecular weight is 443 g/mol. The van der Waals surface area contributed by atoms with Crippen LogP contribution in [0, 0.1) is 5.92 Å². The SMILES string of the molecule is O=C(NCC1CCN(C2CCSC2)CC1)C(=O)Nc1cc2c3c(c1)CCN3C(=O)CC2. The molecule has 31 heavy (non-hydrogen) atoms. The number of thioether (sulfide) groups is 1. The van der Waals surface area contributed by atoms with Crippen molar-refractivity contribution in [3.63, 3.8) is 0 Å². The number of piperidine rings is 1. The number of benzene rings is 1. The van der Waals surface area contributed by atoms with Crippen molar-refractivity contribution >= 4 is 40.9 Å². The first-order chi connectivity index (χ1) is 15.1. The molecule has 4 aliphatic rings. The lowest BCUT2D eigenvalue weighted by molar-refractivity contribution is -0.136. The second-order valence-corrected chi connectivity index (χ2v) is 10.2. The molecule has 166 valence electrons. The molecule has 0 saturated carbocycles. The minimum atomic E-state index is -0.616. The number of amides is 3. The van der Waals surface area contributed by atoms with Crippen LogP contribution in [-0.2, 0) is 27.2 Å². The van der Waals surface area contributed by atoms with E-state index in [-0.39, 0.29) is 5.91 Å². The summed E-state index contributed by atoms with van der Waals surface area (Å²) < 4.78 is 0. The predicted molar refractivity (Wildman–Crippen MR) is 122 cm³/mol. The Hall–Kier alpha value is -2.06. The van der Waals surface area contributed by atoms with Crippen LogP contribution in [0.15, 0.2) is 12.1 Å². The first-order valence-electron chi connectivity index (χ1n) is 11.5. The molecule has 0 aromatic heterocycles. The summed E-state index contributed by atoms with van der Waals surface area (Å²) in [5.41, 5.74) is 3.82. The second kappa shape index (κ2) is 8.82. The zero-order chi connectivity index (χ0) is 21.4. The zero-order valence-corrected chi connectivity index (χ0v) is 18.6. The summed E-state index contributed by atoms with van der Waals surface area (Å²) in [5, 5.41) is 5.60. The molecule has 2 saturated heterocycles. The fourth-order valence-electron chi connectivity index (χ4n) is 5.37. The van der Waals surface area contributed by atoms with Gasteiger partial charge in [-0.05, 0) is 80.1 Å². The van der Waals surface area contributed by atoms with Crippen LogP contribution in [0.4, 0.5) is 11.4 Å². The molecule has 7 nitrogen and oxygen atoms in total. The lowest BCUT2D eigenvalue weighted by atomic mass is 9.95. The Morgan fingerprint density at radius 3 is 2.52 bits per heavy atom. The third kappa shape index (κ3) is 4.32. The van der Waals surface area contributed by atoms with Gasteiger partial charge in [0.05, 0.1) is 5.69 Å². The molecule has 4 aliphatic heterocycles. The van der Waals surface area contributed by atoms with Crippen molar-refractivity contribution in [3.05, 3.63) is 23.3 Å². The Kier molecular flexibility index (Phi) is 5.93. The van der Waals surface area contributed by atoms with Gasteiger partial charge in [0.15, 0.2) is 0 Å². The van der Waals surface area contributed by atoms with Crippen LogP contribution in [0.2, 0.25) is 0 Å². The molecule has 1 aromatic rings. The maximum atomic E-state index is 12.4. The normalized spacial score (nSPS) is 23.7. The zero-order valence-electron chi connectivity index (χ0n) is 17.8. The van der Waals surface area contributed by atoms with E-state index in [0.717, 1.165) is 55.2 Å². The highest BCUT2D eigenvalue weighted by atomic mass is 32.2. The molecule has 1 aromatic carbocycles. The molecule has 0 aliphatic carbocycles. The van der Waals surface area contributed by atoms with Gasteiger partial charge in [-0.3, -0.25) is 19.3 Å². The molecule has 1 unspecified atom stereocenters. The van der Waals surface area contributed by atoms with Crippen molar-refractivity contribution in [1.29, 1.82) is 0 Å². The first kappa shape index (κ1) is 20.8. The van der Waals surface area contributed by atoms with E-state index in [2.05, 4.69) is 15.5 Å². The summed E-state index contributed by atoms with van der Waals surface area (Å²) in [7, 11) is 0. The highest BCUT2D eigenvalue weighted by molar-refractivity contribution is 7.99. The highest BCUT2D eigenvalue weighted by Crippen LogP contribution is 2.38. The van der Waals surface area contributed by atoms with Gasteiger partial charge in [0, 0.05) is 37.0 Å². The van der Waals surface area contributed by atoms with Gasteiger partial charge in [0.25, 0.3) is 0 Å². The molecule has 1 atom stereocenters. The van der Waals surface area contributed by atoms with Gasteiger partial charge in [-0.1, -0.05) is 0 Å². The number of nitrogens with one attached hydrogen (secondary N) is 2. The van der Waals surface area contributed by atoms with Crippen molar-refractivity contribution in [2.75, 3.05) is 47.9 Å². The van der Waals surface area contributed by atoms with Crippen LogP contribution in [0.3, 0.4) is 0 Å². The van der Waals surface area contributed by atoms with Crippen molar-refractivity contribution in [2.45, 2.75) is 44.6 Å². The highest BCUT2D eigenvalue weighted by Gasteiger charge is 2.32. The molecule has 2 N–H and O–H groups in total. The number of aryl methyl sites for hydroxylation is 1.